The molecule has 104 valence electrons. The number of aliphatic hydroxyl groups excluding tert-OH is 1. The molecule has 0 saturated carbocycles. The Bertz CT molecular complexity index is 620. The standard InChI is InChI=1S/C14H14N2O3S/c1-9(18)15-13-7-6-12(20-13)14(19)16-11-4-2-10(8-17)3-5-11/h2-7,17H,8H2,1H3,(H,15,18)(H,16,19). The van der Waals surface area contributed by atoms with Crippen LogP contribution in [0, 0.1) is 0 Å². The fourth-order valence-electron chi connectivity index (χ4n) is 1.59. The van der Waals surface area contributed by atoms with Crippen molar-refractivity contribution in [3.8, 4) is 0 Å². The molecule has 0 bridgehead atoms. The molecular formula is C14H14N2O3S. The maximum atomic E-state index is 12.0. The normalized spacial score (nSPS) is 10.1. The van der Waals surface area contributed by atoms with E-state index >= 15 is 0 Å². The summed E-state index contributed by atoms with van der Waals surface area (Å²) >= 11 is 1.21. The molecule has 0 atom stereocenters. The molecule has 0 fully saturated rings. The molecule has 0 aliphatic rings. The molecule has 1 aromatic carbocycles. The Morgan fingerprint density at radius 1 is 1.10 bits per heavy atom. The van der Waals surface area contributed by atoms with Gasteiger partial charge in [-0.05, 0) is 29.8 Å². The van der Waals surface area contributed by atoms with Gasteiger partial charge in [-0.2, -0.15) is 0 Å². The van der Waals surface area contributed by atoms with E-state index in [0.29, 0.717) is 15.6 Å². The second kappa shape index (κ2) is 6.31. The smallest absolute Gasteiger partial charge is 0.265 e. The summed E-state index contributed by atoms with van der Waals surface area (Å²) in [5.74, 6) is -0.401. The van der Waals surface area contributed by atoms with Gasteiger partial charge >= 0.3 is 0 Å². The maximum absolute atomic E-state index is 12.0. The lowest BCUT2D eigenvalue weighted by Crippen LogP contribution is -2.10. The molecule has 0 spiro atoms. The van der Waals surface area contributed by atoms with Crippen molar-refractivity contribution in [1.29, 1.82) is 0 Å². The van der Waals surface area contributed by atoms with E-state index in [2.05, 4.69) is 10.6 Å². The van der Waals surface area contributed by atoms with Gasteiger partial charge < -0.3 is 15.7 Å². The van der Waals surface area contributed by atoms with Crippen LogP contribution in [-0.4, -0.2) is 16.9 Å². The molecule has 1 heterocycles. The first-order valence-corrected chi connectivity index (χ1v) is 6.78. The summed E-state index contributed by atoms with van der Waals surface area (Å²) in [6, 6.07) is 10.3. The number of carbonyl (C=O) groups is 2. The van der Waals surface area contributed by atoms with Crippen LogP contribution in [0.5, 0.6) is 0 Å². The monoisotopic (exact) mass is 290 g/mol. The second-order valence-electron chi connectivity index (χ2n) is 4.15. The SMILES string of the molecule is CC(=O)Nc1ccc(C(=O)Nc2ccc(CO)cc2)s1. The van der Waals surface area contributed by atoms with Crippen molar-refractivity contribution >= 4 is 33.8 Å². The van der Waals surface area contributed by atoms with Crippen LogP contribution in [-0.2, 0) is 11.4 Å². The molecule has 1 aromatic heterocycles. The van der Waals surface area contributed by atoms with Crippen molar-refractivity contribution in [3.05, 3.63) is 46.8 Å². The van der Waals surface area contributed by atoms with Crippen molar-refractivity contribution in [1.82, 2.24) is 0 Å². The average molecular weight is 290 g/mol. The minimum atomic E-state index is -0.233. The predicted octanol–water partition coefficient (Wildman–Crippen LogP) is 2.45. The van der Waals surface area contributed by atoms with Gasteiger partial charge in [-0.1, -0.05) is 12.1 Å². The van der Waals surface area contributed by atoms with Crippen LogP contribution in [0.2, 0.25) is 0 Å². The van der Waals surface area contributed by atoms with Crippen LogP contribution < -0.4 is 10.6 Å². The zero-order chi connectivity index (χ0) is 14.5. The lowest BCUT2D eigenvalue weighted by atomic mass is 10.2. The highest BCUT2D eigenvalue weighted by Gasteiger charge is 2.10. The number of hydrogen-bond donors (Lipinski definition) is 3. The first kappa shape index (κ1) is 14.2. The van der Waals surface area contributed by atoms with Crippen LogP contribution in [0.25, 0.3) is 0 Å². The van der Waals surface area contributed by atoms with E-state index in [-0.39, 0.29) is 18.4 Å². The van der Waals surface area contributed by atoms with E-state index in [1.54, 1.807) is 36.4 Å². The number of amides is 2. The molecule has 2 rings (SSSR count). The number of thiophene rings is 1. The van der Waals surface area contributed by atoms with E-state index in [1.807, 2.05) is 0 Å². The van der Waals surface area contributed by atoms with E-state index in [4.69, 9.17) is 5.11 Å². The molecule has 6 heteroatoms. The van der Waals surface area contributed by atoms with E-state index in [9.17, 15) is 9.59 Å². The molecule has 0 saturated heterocycles. The summed E-state index contributed by atoms with van der Waals surface area (Å²) in [6.07, 6.45) is 0. The number of aliphatic hydroxyl groups is 1. The Kier molecular flexibility index (Phi) is 4.49. The first-order chi connectivity index (χ1) is 9.58. The van der Waals surface area contributed by atoms with Gasteiger partial charge in [0.05, 0.1) is 16.5 Å². The molecular weight excluding hydrogens is 276 g/mol. The predicted molar refractivity (Wildman–Crippen MR) is 78.9 cm³/mol. The van der Waals surface area contributed by atoms with Crippen LogP contribution in [0.3, 0.4) is 0 Å². The largest absolute Gasteiger partial charge is 0.392 e. The highest BCUT2D eigenvalue weighted by atomic mass is 32.1. The van der Waals surface area contributed by atoms with Gasteiger partial charge in [0.15, 0.2) is 0 Å². The Labute approximate surface area is 120 Å². The number of rotatable bonds is 4. The molecule has 20 heavy (non-hydrogen) atoms. The summed E-state index contributed by atoms with van der Waals surface area (Å²) in [5, 5.41) is 15.0. The molecule has 0 aliphatic heterocycles. The van der Waals surface area contributed by atoms with E-state index < -0.39 is 0 Å². The highest BCUT2D eigenvalue weighted by Crippen LogP contribution is 2.23. The Morgan fingerprint density at radius 2 is 1.80 bits per heavy atom. The Balaban J connectivity index is 2.03. The van der Waals surface area contributed by atoms with Crippen LogP contribution in [0.4, 0.5) is 10.7 Å². The summed E-state index contributed by atoms with van der Waals surface area (Å²) < 4.78 is 0. The minimum absolute atomic E-state index is 0.0285. The summed E-state index contributed by atoms with van der Waals surface area (Å²) in [6.45, 7) is 1.39. The van der Waals surface area contributed by atoms with Gasteiger partial charge in [-0.3, -0.25) is 9.59 Å². The number of hydrogen-bond acceptors (Lipinski definition) is 4. The zero-order valence-corrected chi connectivity index (χ0v) is 11.7. The average Bonchev–Trinajstić information content (AvgIpc) is 2.87. The minimum Gasteiger partial charge on any atom is -0.392 e. The first-order valence-electron chi connectivity index (χ1n) is 5.97. The molecule has 0 aliphatic carbocycles. The van der Waals surface area contributed by atoms with Crippen molar-refractivity contribution in [2.24, 2.45) is 0 Å². The van der Waals surface area contributed by atoms with Gasteiger partial charge in [-0.25, -0.2) is 0 Å². The molecule has 3 N–H and O–H groups in total. The van der Waals surface area contributed by atoms with E-state index in [0.717, 1.165) is 5.56 Å². The number of benzene rings is 1. The van der Waals surface area contributed by atoms with Gasteiger partial charge in [0.1, 0.15) is 0 Å². The zero-order valence-electron chi connectivity index (χ0n) is 10.8. The molecule has 2 amide bonds. The molecule has 5 nitrogen and oxygen atoms in total. The third-order valence-electron chi connectivity index (χ3n) is 2.52. The summed E-state index contributed by atoms with van der Waals surface area (Å²) in [7, 11) is 0. The van der Waals surface area contributed by atoms with Crippen LogP contribution in [0.1, 0.15) is 22.2 Å². The molecule has 2 aromatic rings. The van der Waals surface area contributed by atoms with Gasteiger partial charge in [0.25, 0.3) is 5.91 Å². The Hall–Kier alpha value is -2.18. The van der Waals surface area contributed by atoms with Crippen LogP contribution >= 0.6 is 11.3 Å². The lowest BCUT2D eigenvalue weighted by Gasteiger charge is -2.04. The molecule has 0 unspecified atom stereocenters. The molecule has 0 radical (unpaired) electrons. The third kappa shape index (κ3) is 3.66. The summed E-state index contributed by atoms with van der Waals surface area (Å²) in [5.41, 5.74) is 1.44. The van der Waals surface area contributed by atoms with Crippen molar-refractivity contribution in [2.45, 2.75) is 13.5 Å². The highest BCUT2D eigenvalue weighted by molar-refractivity contribution is 7.18. The summed E-state index contributed by atoms with van der Waals surface area (Å²) in [4.78, 5) is 23.4. The fraction of sp³-hybridized carbons (Fsp3) is 0.143. The van der Waals surface area contributed by atoms with Gasteiger partial charge in [-0.15, -0.1) is 11.3 Å². The number of carbonyl (C=O) groups excluding carboxylic acids is 2. The Morgan fingerprint density at radius 3 is 2.40 bits per heavy atom. The van der Waals surface area contributed by atoms with Gasteiger partial charge in [0.2, 0.25) is 5.91 Å². The quantitative estimate of drug-likeness (QED) is 0.809. The van der Waals surface area contributed by atoms with E-state index in [1.165, 1.54) is 18.3 Å². The van der Waals surface area contributed by atoms with Crippen LogP contribution in [0.15, 0.2) is 36.4 Å². The van der Waals surface area contributed by atoms with Crippen molar-refractivity contribution < 1.29 is 14.7 Å². The third-order valence-corrected chi connectivity index (χ3v) is 3.52. The van der Waals surface area contributed by atoms with Gasteiger partial charge in [0, 0.05) is 12.6 Å². The topological polar surface area (TPSA) is 78.4 Å². The lowest BCUT2D eigenvalue weighted by molar-refractivity contribution is -0.114. The maximum Gasteiger partial charge on any atom is 0.265 e. The van der Waals surface area contributed by atoms with Crippen molar-refractivity contribution in [2.75, 3.05) is 10.6 Å². The fourth-order valence-corrected chi connectivity index (χ4v) is 2.43. The second-order valence-corrected chi connectivity index (χ2v) is 5.24. The number of anilines is 2. The number of nitrogens with one attached hydrogen (secondary N) is 2. The van der Waals surface area contributed by atoms with Crippen molar-refractivity contribution in [3.63, 3.8) is 0 Å².